The molecule has 5 heteroatoms. The number of hydrogen-bond acceptors (Lipinski definition) is 3. The van der Waals surface area contributed by atoms with Crippen molar-refractivity contribution in [1.82, 2.24) is 0 Å². The van der Waals surface area contributed by atoms with Crippen LogP contribution in [-0.2, 0) is 9.59 Å². The van der Waals surface area contributed by atoms with Crippen molar-refractivity contribution in [3.8, 4) is 0 Å². The molecule has 5 nitrogen and oxygen atoms in total. The van der Waals surface area contributed by atoms with Crippen molar-refractivity contribution in [3.05, 3.63) is 0 Å². The van der Waals surface area contributed by atoms with E-state index in [0.717, 1.165) is 0 Å². The van der Waals surface area contributed by atoms with E-state index in [-0.39, 0.29) is 0 Å². The maximum atomic E-state index is 9.85. The summed E-state index contributed by atoms with van der Waals surface area (Å²) in [5.41, 5.74) is 4.84. The molecule has 9 heavy (non-hydrogen) atoms. The highest BCUT2D eigenvalue weighted by atomic mass is 16.4. The van der Waals surface area contributed by atoms with E-state index in [0.29, 0.717) is 0 Å². The topological polar surface area (TPSA) is 101 Å². The molecule has 0 unspecified atom stereocenters. The molecular formula is C4H7NO4. The maximum absolute atomic E-state index is 9.85. The van der Waals surface area contributed by atoms with Crippen LogP contribution in [0.1, 0.15) is 6.42 Å². The molecule has 0 fully saturated rings. The second-order valence-corrected chi connectivity index (χ2v) is 1.54. The Morgan fingerprint density at radius 3 is 2.00 bits per heavy atom. The first-order valence-electron chi connectivity index (χ1n) is 2.24. The van der Waals surface area contributed by atoms with Crippen LogP contribution in [0.25, 0.3) is 0 Å². The van der Waals surface area contributed by atoms with Gasteiger partial charge >= 0.3 is 11.9 Å². The molecule has 0 aromatic carbocycles. The second-order valence-electron chi connectivity index (χ2n) is 1.54. The molecule has 0 heterocycles. The van der Waals surface area contributed by atoms with Crippen LogP contribution >= 0.6 is 0 Å². The minimum absolute atomic E-state index is 0.532. The molecule has 0 aromatic rings. The highest BCUT2D eigenvalue weighted by molar-refractivity contribution is 5.80. The van der Waals surface area contributed by atoms with E-state index in [1.165, 1.54) is 0 Å². The summed E-state index contributed by atoms with van der Waals surface area (Å²) in [6.07, 6.45) is -0.532. The van der Waals surface area contributed by atoms with Crippen LogP contribution in [0.2, 0.25) is 0 Å². The van der Waals surface area contributed by atoms with E-state index in [1.807, 2.05) is 0 Å². The molecule has 1 atom stereocenters. The second kappa shape index (κ2) is 3.03. The monoisotopic (exact) mass is 134 g/mol. The Morgan fingerprint density at radius 1 is 1.44 bits per heavy atom. The van der Waals surface area contributed by atoms with E-state index >= 15 is 0 Å². The van der Waals surface area contributed by atoms with Crippen molar-refractivity contribution in [2.75, 3.05) is 0 Å². The molecule has 0 amide bonds. The van der Waals surface area contributed by atoms with Crippen molar-refractivity contribution in [2.45, 2.75) is 12.5 Å². The first-order valence-corrected chi connectivity index (χ1v) is 2.24. The molecular weight excluding hydrogens is 127 g/mol. The number of hydrogen-bond donors (Lipinski definition) is 3. The van der Waals surface area contributed by atoms with Gasteiger partial charge in [0.15, 0.2) is 0 Å². The summed E-state index contributed by atoms with van der Waals surface area (Å²) in [5.74, 6) is -2.50. The third kappa shape index (κ3) is 3.48. The smallest absolute Gasteiger partial charge is 0.321 e. The predicted octanol–water partition coefficient (Wildman–Crippen LogP) is -1.13. The Hall–Kier alpha value is -1.10. The van der Waals surface area contributed by atoms with Crippen molar-refractivity contribution in [1.29, 1.82) is 0 Å². The molecule has 0 saturated carbocycles. The van der Waals surface area contributed by atoms with Crippen LogP contribution in [0.15, 0.2) is 0 Å². The summed E-state index contributed by atoms with van der Waals surface area (Å²) in [4.78, 5) is 19.6. The van der Waals surface area contributed by atoms with Gasteiger partial charge in [-0.25, -0.2) is 0 Å². The van der Waals surface area contributed by atoms with Crippen LogP contribution in [0.3, 0.4) is 0 Å². The van der Waals surface area contributed by atoms with Crippen LogP contribution in [0, 0.1) is 0 Å². The Labute approximate surface area is 51.1 Å². The molecule has 0 saturated heterocycles. The fourth-order valence-corrected chi connectivity index (χ4v) is 0.275. The quantitative estimate of drug-likeness (QED) is 0.424. The number of carboxylic acid groups (broad SMARTS) is 2. The Balaban J connectivity index is 3.63. The van der Waals surface area contributed by atoms with E-state index in [9.17, 15) is 9.59 Å². The largest absolute Gasteiger partial charge is 0.481 e. The van der Waals surface area contributed by atoms with E-state index in [2.05, 4.69) is 0 Å². The zero-order valence-corrected chi connectivity index (χ0v) is 4.57. The molecule has 0 radical (unpaired) electrons. The van der Waals surface area contributed by atoms with Gasteiger partial charge in [0.25, 0.3) is 0 Å². The van der Waals surface area contributed by atoms with Crippen molar-refractivity contribution in [2.24, 2.45) is 5.73 Å². The van der Waals surface area contributed by atoms with Gasteiger partial charge in [0.1, 0.15) is 6.04 Å². The average molecular weight is 134 g/mol. The van der Waals surface area contributed by atoms with Gasteiger partial charge in [-0.3, -0.25) is 9.59 Å². The fraction of sp³-hybridized carbons (Fsp3) is 0.500. The van der Waals surface area contributed by atoms with Crippen molar-refractivity contribution >= 4 is 11.9 Å². The van der Waals surface area contributed by atoms with Crippen LogP contribution in [0.5, 0.6) is 0 Å². The van der Waals surface area contributed by atoms with Gasteiger partial charge < -0.3 is 15.9 Å². The van der Waals surface area contributed by atoms with Gasteiger partial charge in [0.2, 0.25) is 0 Å². The summed E-state index contributed by atoms with van der Waals surface area (Å²) in [7, 11) is 0. The van der Waals surface area contributed by atoms with Crippen molar-refractivity contribution < 1.29 is 19.8 Å². The van der Waals surface area contributed by atoms with Gasteiger partial charge in [0.05, 0.1) is 6.42 Å². The van der Waals surface area contributed by atoms with Gasteiger partial charge in [-0.2, -0.15) is 0 Å². The lowest BCUT2D eigenvalue weighted by Crippen LogP contribution is -2.32. The van der Waals surface area contributed by atoms with Gasteiger partial charge in [-0.1, -0.05) is 0 Å². The normalized spacial score (nSPS) is 12.6. The highest BCUT2D eigenvalue weighted by Crippen LogP contribution is 1.86. The molecule has 0 aliphatic heterocycles. The summed E-state index contributed by atoms with van der Waals surface area (Å²) < 4.78 is 0. The third-order valence-electron chi connectivity index (χ3n) is 0.712. The lowest BCUT2D eigenvalue weighted by Gasteiger charge is -1.99. The summed E-state index contributed by atoms with van der Waals surface area (Å²) in [5, 5.41) is 16.0. The number of carboxylic acids is 2. The van der Waals surface area contributed by atoms with E-state index in [4.69, 9.17) is 15.9 Å². The lowest BCUT2D eigenvalue weighted by atomic mass is 10.4. The molecule has 0 aromatic heterocycles. The Kier molecular flexibility index (Phi) is 2.66. The van der Waals surface area contributed by atoms with E-state index in [1.54, 1.807) is 0 Å². The molecule has 4 N–H and O–H groups in total. The van der Waals surface area contributed by atoms with E-state index < -0.39 is 24.4 Å². The zero-order valence-electron chi connectivity index (χ0n) is 4.57. The first-order chi connectivity index (χ1) is 4.04. The Bertz CT molecular complexity index is 133. The van der Waals surface area contributed by atoms with Crippen LogP contribution < -0.4 is 5.73 Å². The molecule has 0 bridgehead atoms. The Morgan fingerprint density at radius 2 is 1.89 bits per heavy atom. The third-order valence-corrected chi connectivity index (χ3v) is 0.712. The number of aliphatic carboxylic acids is 2. The molecule has 0 spiro atoms. The lowest BCUT2D eigenvalue weighted by molar-refractivity contribution is -0.144. The molecule has 0 aliphatic carbocycles. The van der Waals surface area contributed by atoms with Gasteiger partial charge in [0, 0.05) is 0 Å². The maximum Gasteiger partial charge on any atom is 0.321 e. The summed E-state index contributed by atoms with van der Waals surface area (Å²) in [6, 6.07) is -1.29. The summed E-state index contributed by atoms with van der Waals surface area (Å²) in [6.45, 7) is 0. The number of rotatable bonds is 3. The fourth-order valence-electron chi connectivity index (χ4n) is 0.275. The standard InChI is InChI=1S/C4H7NO4/c5-2(4(8)9)1-3(6)7/h2H,1,5H2,(H,6,7)(H,8,9)/t2-/m0/s1/i1+1. The minimum Gasteiger partial charge on any atom is -0.481 e. The van der Waals surface area contributed by atoms with Crippen LogP contribution in [-0.4, -0.2) is 28.2 Å². The van der Waals surface area contributed by atoms with Gasteiger partial charge in [-0.05, 0) is 0 Å². The number of carbonyl (C=O) groups is 2. The molecule has 52 valence electrons. The first kappa shape index (κ1) is 7.90. The SMILES string of the molecule is N[C@@H]([13CH2]C(=O)O)C(=O)O. The summed E-state index contributed by atoms with van der Waals surface area (Å²) >= 11 is 0. The zero-order chi connectivity index (χ0) is 7.44. The van der Waals surface area contributed by atoms with Crippen molar-refractivity contribution in [3.63, 3.8) is 0 Å². The van der Waals surface area contributed by atoms with Gasteiger partial charge in [-0.15, -0.1) is 0 Å². The predicted molar refractivity (Wildman–Crippen MR) is 27.9 cm³/mol. The van der Waals surface area contributed by atoms with Crippen LogP contribution in [0.4, 0.5) is 0 Å². The average Bonchev–Trinajstić information content (AvgIpc) is 1.63. The highest BCUT2D eigenvalue weighted by Gasteiger charge is 2.14. The number of nitrogens with two attached hydrogens (primary N) is 1. The molecule has 0 rings (SSSR count). The molecule has 0 aliphatic rings. The minimum atomic E-state index is -1.29.